The third-order valence-electron chi connectivity index (χ3n) is 6.43. The van der Waals surface area contributed by atoms with E-state index >= 15 is 0 Å². The zero-order valence-corrected chi connectivity index (χ0v) is 20.7. The summed E-state index contributed by atoms with van der Waals surface area (Å²) in [5, 5.41) is 5.29. The predicted octanol–water partition coefficient (Wildman–Crippen LogP) is 4.04. The highest BCUT2D eigenvalue weighted by molar-refractivity contribution is 5.98. The molecule has 194 valence electrons. The molecule has 5 heterocycles. The summed E-state index contributed by atoms with van der Waals surface area (Å²) in [6.45, 7) is 1.78. The maximum atomic E-state index is 14.3. The summed E-state index contributed by atoms with van der Waals surface area (Å²) >= 11 is 0. The smallest absolute Gasteiger partial charge is 0.266 e. The summed E-state index contributed by atoms with van der Waals surface area (Å²) < 4.78 is 36.2. The molecule has 0 aliphatic heterocycles. The molecule has 6 rings (SSSR count). The van der Waals surface area contributed by atoms with Crippen LogP contribution >= 0.6 is 0 Å². The fourth-order valence-electron chi connectivity index (χ4n) is 4.57. The third kappa shape index (κ3) is 4.02. The first-order valence-electron chi connectivity index (χ1n) is 11.8. The van der Waals surface area contributed by atoms with Crippen LogP contribution in [0, 0.1) is 11.6 Å². The molecule has 0 aliphatic rings. The van der Waals surface area contributed by atoms with Crippen LogP contribution < -0.4 is 16.0 Å². The van der Waals surface area contributed by atoms with Crippen LogP contribution in [-0.4, -0.2) is 41.2 Å². The lowest BCUT2D eigenvalue weighted by Crippen LogP contribution is -2.23. The lowest BCUT2D eigenvalue weighted by molar-refractivity contribution is 0.398. The fourth-order valence-corrected chi connectivity index (χ4v) is 4.57. The first-order valence-corrected chi connectivity index (χ1v) is 11.8. The van der Waals surface area contributed by atoms with Crippen LogP contribution in [0.25, 0.3) is 39.1 Å². The molecule has 0 bridgehead atoms. The number of halogens is 2. The Hall–Kier alpha value is -5.26. The highest BCUT2D eigenvalue weighted by Crippen LogP contribution is 2.34. The normalized spacial score (nSPS) is 12.2. The van der Waals surface area contributed by atoms with E-state index in [9.17, 15) is 13.6 Å². The van der Waals surface area contributed by atoms with E-state index in [0.29, 0.717) is 28.2 Å². The maximum Gasteiger partial charge on any atom is 0.266 e. The molecular formula is C27H20F2N8O2. The Kier molecular flexibility index (Phi) is 5.71. The first kappa shape index (κ1) is 24.1. The van der Waals surface area contributed by atoms with E-state index in [-0.39, 0.29) is 28.3 Å². The monoisotopic (exact) mass is 526 g/mol. The topological polar surface area (TPSA) is 126 Å². The molecule has 12 heteroatoms. The standard InChI is InChI=1S/C27H20F2N8O2/c1-14(37-26-22(25(30)32-13-33-26)24(35-37)16-6-9-20(39-2)31-11-16)23-21(15-4-3-5-17(28)10-15)27(38)36-12-18(29)7-8-19(36)34-23/h3-14H,1-2H3,(H2,30,32,33)/t14-/m0/s1. The van der Waals surface area contributed by atoms with Crippen molar-refractivity contribution in [3.63, 3.8) is 0 Å². The molecule has 0 fully saturated rings. The third-order valence-corrected chi connectivity index (χ3v) is 6.43. The number of fused-ring (bicyclic) bond motifs is 2. The van der Waals surface area contributed by atoms with Gasteiger partial charge >= 0.3 is 0 Å². The van der Waals surface area contributed by atoms with Crippen molar-refractivity contribution in [3.05, 3.63) is 94.9 Å². The average molecular weight is 527 g/mol. The van der Waals surface area contributed by atoms with E-state index in [0.717, 1.165) is 10.6 Å². The molecule has 1 atom stereocenters. The van der Waals surface area contributed by atoms with Crippen LogP contribution in [0.4, 0.5) is 14.6 Å². The molecule has 0 saturated carbocycles. The van der Waals surface area contributed by atoms with Crippen molar-refractivity contribution < 1.29 is 13.5 Å². The number of nitrogen functional groups attached to an aromatic ring is 1. The van der Waals surface area contributed by atoms with Crippen molar-refractivity contribution in [3.8, 4) is 28.3 Å². The number of benzene rings is 1. The fraction of sp³-hybridized carbons (Fsp3) is 0.111. The van der Waals surface area contributed by atoms with Gasteiger partial charge in [0, 0.05) is 24.0 Å². The summed E-state index contributed by atoms with van der Waals surface area (Å²) in [6.07, 6.45) is 3.96. The van der Waals surface area contributed by atoms with E-state index in [1.54, 1.807) is 36.0 Å². The Morgan fingerprint density at radius 1 is 1.00 bits per heavy atom. The van der Waals surface area contributed by atoms with Crippen molar-refractivity contribution >= 4 is 22.5 Å². The molecule has 0 radical (unpaired) electrons. The zero-order valence-electron chi connectivity index (χ0n) is 20.7. The maximum absolute atomic E-state index is 14.3. The molecule has 0 saturated heterocycles. The molecule has 39 heavy (non-hydrogen) atoms. The molecular weight excluding hydrogens is 506 g/mol. The molecule has 5 aromatic heterocycles. The van der Waals surface area contributed by atoms with Gasteiger partial charge in [-0.1, -0.05) is 12.1 Å². The summed E-state index contributed by atoms with van der Waals surface area (Å²) in [4.78, 5) is 31.2. The van der Waals surface area contributed by atoms with Crippen molar-refractivity contribution in [1.29, 1.82) is 0 Å². The van der Waals surface area contributed by atoms with Crippen molar-refractivity contribution in [2.75, 3.05) is 12.8 Å². The largest absolute Gasteiger partial charge is 0.481 e. The van der Waals surface area contributed by atoms with Crippen LogP contribution in [0.3, 0.4) is 0 Å². The van der Waals surface area contributed by atoms with Gasteiger partial charge in [0.2, 0.25) is 5.88 Å². The molecule has 10 nitrogen and oxygen atoms in total. The average Bonchev–Trinajstić information content (AvgIpc) is 3.34. The number of rotatable bonds is 5. The van der Waals surface area contributed by atoms with E-state index in [2.05, 4.69) is 15.0 Å². The number of nitrogens with two attached hydrogens (primary N) is 1. The predicted molar refractivity (Wildman–Crippen MR) is 140 cm³/mol. The first-order chi connectivity index (χ1) is 18.9. The molecule has 6 aromatic rings. The molecule has 0 spiro atoms. The minimum absolute atomic E-state index is 0.100. The summed E-state index contributed by atoms with van der Waals surface area (Å²) in [6, 6.07) is 11.0. The number of anilines is 1. The second kappa shape index (κ2) is 9.24. The Bertz CT molecular complexity index is 1940. The van der Waals surface area contributed by atoms with Crippen LogP contribution in [0.15, 0.2) is 72.0 Å². The Labute approximate surface area is 219 Å². The van der Waals surface area contributed by atoms with Crippen LogP contribution in [-0.2, 0) is 0 Å². The second-order valence-electron chi connectivity index (χ2n) is 8.78. The molecule has 0 amide bonds. The van der Waals surface area contributed by atoms with Gasteiger partial charge in [-0.25, -0.2) is 33.4 Å². The van der Waals surface area contributed by atoms with E-state index in [1.807, 2.05) is 0 Å². The van der Waals surface area contributed by atoms with Gasteiger partial charge in [-0.15, -0.1) is 0 Å². The van der Waals surface area contributed by atoms with Crippen LogP contribution in [0.5, 0.6) is 5.88 Å². The van der Waals surface area contributed by atoms with Crippen molar-refractivity contribution in [1.82, 2.24) is 34.1 Å². The number of hydrogen-bond acceptors (Lipinski definition) is 8. The lowest BCUT2D eigenvalue weighted by Gasteiger charge is -2.18. The SMILES string of the molecule is COc1ccc(-c2nn([C@@H](C)c3nc4ccc(F)cn4c(=O)c3-c3cccc(F)c3)c3ncnc(N)c23)cn1. The van der Waals surface area contributed by atoms with Crippen molar-refractivity contribution in [2.45, 2.75) is 13.0 Å². The molecule has 2 N–H and O–H groups in total. The Balaban J connectivity index is 1.63. The van der Waals surface area contributed by atoms with Gasteiger partial charge in [0.25, 0.3) is 5.56 Å². The van der Waals surface area contributed by atoms with Gasteiger partial charge in [-0.3, -0.25) is 9.20 Å². The van der Waals surface area contributed by atoms with Crippen molar-refractivity contribution in [2.24, 2.45) is 0 Å². The number of pyridine rings is 2. The highest BCUT2D eigenvalue weighted by atomic mass is 19.1. The van der Waals surface area contributed by atoms with Gasteiger partial charge in [0.1, 0.15) is 35.1 Å². The molecule has 0 aliphatic carbocycles. The lowest BCUT2D eigenvalue weighted by atomic mass is 10.0. The Morgan fingerprint density at radius 3 is 2.59 bits per heavy atom. The highest BCUT2D eigenvalue weighted by Gasteiger charge is 2.26. The number of nitrogens with zero attached hydrogens (tertiary/aromatic N) is 7. The number of ether oxygens (including phenoxy) is 1. The number of methoxy groups -OCH3 is 1. The molecule has 1 aromatic carbocycles. The number of aromatic nitrogens is 7. The zero-order chi connectivity index (χ0) is 27.3. The quantitative estimate of drug-likeness (QED) is 0.357. The summed E-state index contributed by atoms with van der Waals surface area (Å²) in [5.41, 5.74) is 8.10. The van der Waals surface area contributed by atoms with Gasteiger partial charge < -0.3 is 10.5 Å². The van der Waals surface area contributed by atoms with Gasteiger partial charge in [-0.2, -0.15) is 5.10 Å². The molecule has 0 unspecified atom stereocenters. The van der Waals surface area contributed by atoms with E-state index in [4.69, 9.17) is 20.6 Å². The Morgan fingerprint density at radius 2 is 1.85 bits per heavy atom. The van der Waals surface area contributed by atoms with E-state index in [1.165, 1.54) is 43.8 Å². The van der Waals surface area contributed by atoms with Crippen LogP contribution in [0.1, 0.15) is 18.7 Å². The second-order valence-corrected chi connectivity index (χ2v) is 8.78. The summed E-state index contributed by atoms with van der Waals surface area (Å²) in [5.74, 6) is -0.511. The van der Waals surface area contributed by atoms with E-state index < -0.39 is 23.2 Å². The minimum Gasteiger partial charge on any atom is -0.481 e. The van der Waals surface area contributed by atoms with Gasteiger partial charge in [0.15, 0.2) is 5.65 Å². The summed E-state index contributed by atoms with van der Waals surface area (Å²) in [7, 11) is 1.52. The van der Waals surface area contributed by atoms with Crippen LogP contribution in [0.2, 0.25) is 0 Å². The minimum atomic E-state index is -0.692. The number of hydrogen-bond donors (Lipinski definition) is 1. The van der Waals surface area contributed by atoms with Gasteiger partial charge in [-0.05, 0) is 42.8 Å². The van der Waals surface area contributed by atoms with Gasteiger partial charge in [0.05, 0.1) is 29.8 Å².